The van der Waals surface area contributed by atoms with Crippen molar-refractivity contribution in [3.05, 3.63) is 59.2 Å². The van der Waals surface area contributed by atoms with E-state index in [-0.39, 0.29) is 18.4 Å². The smallest absolute Gasteiger partial charge is 0.253 e. The van der Waals surface area contributed by atoms with E-state index in [0.29, 0.717) is 50.2 Å². The second-order valence-electron chi connectivity index (χ2n) is 9.47. The first-order chi connectivity index (χ1) is 17.8. The van der Waals surface area contributed by atoms with Crippen molar-refractivity contribution in [3.8, 4) is 11.1 Å². The predicted molar refractivity (Wildman–Crippen MR) is 151 cm³/mol. The molecule has 3 rings (SSSR count). The molecule has 7 heteroatoms. The molecule has 0 spiro atoms. The van der Waals surface area contributed by atoms with Crippen molar-refractivity contribution in [1.82, 2.24) is 14.7 Å². The van der Waals surface area contributed by atoms with Crippen LogP contribution >= 0.6 is 0 Å². The van der Waals surface area contributed by atoms with Crippen LogP contribution in [0.5, 0.6) is 0 Å². The van der Waals surface area contributed by atoms with E-state index < -0.39 is 0 Å². The minimum absolute atomic E-state index is 0.00441. The first kappa shape index (κ1) is 28.1. The normalized spacial score (nSPS) is 12.7. The molecule has 0 saturated heterocycles. The molecule has 1 heterocycles. The van der Waals surface area contributed by atoms with Gasteiger partial charge in [-0.1, -0.05) is 31.2 Å². The summed E-state index contributed by atoms with van der Waals surface area (Å²) in [7, 11) is 3.88. The average molecular weight is 505 g/mol. The van der Waals surface area contributed by atoms with Crippen molar-refractivity contribution in [3.63, 3.8) is 0 Å². The third kappa shape index (κ3) is 6.86. The van der Waals surface area contributed by atoms with Crippen LogP contribution in [0.1, 0.15) is 56.0 Å². The maximum absolute atomic E-state index is 13.5. The third-order valence-corrected chi connectivity index (χ3v) is 6.63. The van der Waals surface area contributed by atoms with Crippen molar-refractivity contribution in [1.29, 1.82) is 0 Å². The summed E-state index contributed by atoms with van der Waals surface area (Å²) in [5.41, 5.74) is 5.09. The van der Waals surface area contributed by atoms with Crippen LogP contribution in [0.4, 0.5) is 5.69 Å². The second kappa shape index (κ2) is 13.2. The highest BCUT2D eigenvalue weighted by molar-refractivity contribution is 6.06. The fourth-order valence-corrected chi connectivity index (χ4v) is 4.47. The predicted octanol–water partition coefficient (Wildman–Crippen LogP) is 4.84. The summed E-state index contributed by atoms with van der Waals surface area (Å²) in [5, 5.41) is 9.28. The maximum atomic E-state index is 13.5. The van der Waals surface area contributed by atoms with Gasteiger partial charge in [0.05, 0.1) is 5.69 Å². The van der Waals surface area contributed by atoms with Crippen LogP contribution in [-0.2, 0) is 4.79 Å². The van der Waals surface area contributed by atoms with Crippen LogP contribution < -0.4 is 0 Å². The molecule has 0 bridgehead atoms. The molecule has 37 heavy (non-hydrogen) atoms. The van der Waals surface area contributed by atoms with Gasteiger partial charge in [0, 0.05) is 70.0 Å². The van der Waals surface area contributed by atoms with Crippen LogP contribution in [0.3, 0.4) is 0 Å². The standard InChI is InChI=1S/C30H40N4O3/c1-6-16-34(17-9-18-35)30(37)26-19-25-15-14-24(20-27(25)31-28(21-26)32(4)5)22-10-12-23(13-11-22)29(36)33(7-2)8-3/h10-15,19-20,35H,6-9,16-18,21H2,1-5H3. The highest BCUT2D eigenvalue weighted by Crippen LogP contribution is 2.33. The zero-order valence-corrected chi connectivity index (χ0v) is 22.8. The third-order valence-electron chi connectivity index (χ3n) is 6.63. The molecule has 0 unspecified atom stereocenters. The Hall–Kier alpha value is -3.45. The molecular weight excluding hydrogens is 464 g/mol. The van der Waals surface area contributed by atoms with Gasteiger partial charge in [-0.25, -0.2) is 4.99 Å². The van der Waals surface area contributed by atoms with Gasteiger partial charge in [0.1, 0.15) is 5.84 Å². The highest BCUT2D eigenvalue weighted by atomic mass is 16.3. The number of nitrogens with zero attached hydrogens (tertiary/aromatic N) is 4. The monoisotopic (exact) mass is 504 g/mol. The summed E-state index contributed by atoms with van der Waals surface area (Å²) in [6, 6.07) is 13.8. The molecule has 1 aliphatic rings. The fraction of sp³-hybridized carbons (Fsp3) is 0.433. The summed E-state index contributed by atoms with van der Waals surface area (Å²) < 4.78 is 0. The summed E-state index contributed by atoms with van der Waals surface area (Å²) in [6.07, 6.45) is 3.82. The van der Waals surface area contributed by atoms with Gasteiger partial charge in [-0.2, -0.15) is 0 Å². The molecule has 2 aromatic carbocycles. The zero-order valence-electron chi connectivity index (χ0n) is 22.8. The molecule has 198 valence electrons. The molecule has 1 aliphatic heterocycles. The van der Waals surface area contributed by atoms with Crippen LogP contribution in [0.25, 0.3) is 17.2 Å². The van der Waals surface area contributed by atoms with E-state index in [0.717, 1.165) is 34.6 Å². The average Bonchev–Trinajstić information content (AvgIpc) is 3.11. The maximum Gasteiger partial charge on any atom is 0.253 e. The number of aliphatic imine (C=N–C) groups is 1. The molecule has 0 fully saturated rings. The Morgan fingerprint density at radius 3 is 2.16 bits per heavy atom. The van der Waals surface area contributed by atoms with Gasteiger partial charge in [0.25, 0.3) is 5.91 Å². The van der Waals surface area contributed by atoms with Crippen molar-refractivity contribution >= 4 is 29.4 Å². The van der Waals surface area contributed by atoms with Gasteiger partial charge in [-0.05, 0) is 62.1 Å². The number of hydrogen-bond donors (Lipinski definition) is 1. The Morgan fingerprint density at radius 1 is 0.892 bits per heavy atom. The summed E-state index contributed by atoms with van der Waals surface area (Å²) in [6.45, 7) is 8.64. The van der Waals surface area contributed by atoms with Gasteiger partial charge >= 0.3 is 0 Å². The first-order valence-corrected chi connectivity index (χ1v) is 13.2. The fourth-order valence-electron chi connectivity index (χ4n) is 4.47. The van der Waals surface area contributed by atoms with Crippen LogP contribution in [0.2, 0.25) is 0 Å². The Balaban J connectivity index is 1.95. The molecule has 0 radical (unpaired) electrons. The number of fused-ring (bicyclic) bond motifs is 1. The van der Waals surface area contributed by atoms with Crippen molar-refractivity contribution < 1.29 is 14.7 Å². The molecule has 1 N–H and O–H groups in total. The number of rotatable bonds is 10. The van der Waals surface area contributed by atoms with E-state index >= 15 is 0 Å². The van der Waals surface area contributed by atoms with Crippen molar-refractivity contribution in [2.45, 2.75) is 40.0 Å². The Morgan fingerprint density at radius 2 is 1.57 bits per heavy atom. The number of amides is 2. The molecule has 2 amide bonds. The van der Waals surface area contributed by atoms with Gasteiger partial charge in [0.2, 0.25) is 5.91 Å². The van der Waals surface area contributed by atoms with Crippen LogP contribution in [-0.4, -0.2) is 84.3 Å². The van der Waals surface area contributed by atoms with E-state index in [9.17, 15) is 14.7 Å². The minimum atomic E-state index is -0.00441. The van der Waals surface area contributed by atoms with E-state index in [4.69, 9.17) is 4.99 Å². The minimum Gasteiger partial charge on any atom is -0.396 e. The number of aliphatic hydroxyl groups excluding tert-OH is 1. The van der Waals surface area contributed by atoms with Gasteiger partial charge < -0.3 is 19.8 Å². The zero-order chi connectivity index (χ0) is 26.9. The van der Waals surface area contributed by atoms with E-state index in [2.05, 4.69) is 6.92 Å². The lowest BCUT2D eigenvalue weighted by Crippen LogP contribution is -2.35. The topological polar surface area (TPSA) is 76.5 Å². The van der Waals surface area contributed by atoms with Gasteiger partial charge in [-0.3, -0.25) is 9.59 Å². The molecule has 0 aromatic heterocycles. The number of benzene rings is 2. The molecule has 0 saturated carbocycles. The van der Waals surface area contributed by atoms with Crippen LogP contribution in [0.15, 0.2) is 53.0 Å². The van der Waals surface area contributed by atoms with E-state index in [1.807, 2.05) is 91.2 Å². The molecule has 7 nitrogen and oxygen atoms in total. The SMILES string of the molecule is CCCN(CCCO)C(=O)C1=Cc2ccc(-c3ccc(C(=O)N(CC)CC)cc3)cc2N=C(N(C)C)C1. The second-order valence-corrected chi connectivity index (χ2v) is 9.47. The lowest BCUT2D eigenvalue weighted by Gasteiger charge is -2.24. The van der Waals surface area contributed by atoms with E-state index in [1.165, 1.54) is 0 Å². The molecular formula is C30H40N4O3. The van der Waals surface area contributed by atoms with Gasteiger partial charge in [0.15, 0.2) is 0 Å². The molecule has 0 atom stereocenters. The first-order valence-electron chi connectivity index (χ1n) is 13.2. The lowest BCUT2D eigenvalue weighted by molar-refractivity contribution is -0.127. The summed E-state index contributed by atoms with van der Waals surface area (Å²) in [5.74, 6) is 0.849. The number of amidine groups is 1. The number of hydrogen-bond acceptors (Lipinski definition) is 5. The number of carbonyl (C=O) groups is 2. The van der Waals surface area contributed by atoms with Gasteiger partial charge in [-0.15, -0.1) is 0 Å². The summed E-state index contributed by atoms with van der Waals surface area (Å²) in [4.78, 5) is 36.7. The highest BCUT2D eigenvalue weighted by Gasteiger charge is 2.23. The van der Waals surface area contributed by atoms with Crippen molar-refractivity contribution in [2.24, 2.45) is 4.99 Å². The Labute approximate surface area is 221 Å². The van der Waals surface area contributed by atoms with Crippen molar-refractivity contribution in [2.75, 3.05) is 46.9 Å². The number of carbonyl (C=O) groups excluding carboxylic acids is 2. The Kier molecular flexibility index (Phi) is 10.0. The van der Waals surface area contributed by atoms with E-state index in [1.54, 1.807) is 0 Å². The van der Waals surface area contributed by atoms with Crippen LogP contribution in [0, 0.1) is 0 Å². The lowest BCUT2D eigenvalue weighted by atomic mass is 9.99. The quantitative estimate of drug-likeness (QED) is 0.503. The Bertz CT molecular complexity index is 1150. The summed E-state index contributed by atoms with van der Waals surface area (Å²) >= 11 is 0. The molecule has 2 aromatic rings. The number of aliphatic hydroxyl groups is 1. The molecule has 0 aliphatic carbocycles. The largest absolute Gasteiger partial charge is 0.396 e.